The fourth-order valence-electron chi connectivity index (χ4n) is 10.6. The zero-order valence-electron chi connectivity index (χ0n) is 59.3. The van der Waals surface area contributed by atoms with Crippen molar-refractivity contribution >= 4 is 52.5 Å². The number of aromatic nitrogens is 3. The molecule has 22 nitrogen and oxygen atoms in total. The van der Waals surface area contributed by atoms with Crippen LogP contribution in [0.3, 0.4) is 0 Å². The molecule has 0 aliphatic carbocycles. The van der Waals surface area contributed by atoms with Gasteiger partial charge < -0.3 is 108 Å². The number of rotatable bonds is 39. The molecule has 0 bridgehead atoms. The number of carbonyl (C=O) groups excluding carboxylic acids is 6. The number of benzene rings is 4. The lowest BCUT2D eigenvalue weighted by atomic mass is 9.86. The monoisotopic (exact) mass is 1740 g/mol. The summed E-state index contributed by atoms with van der Waals surface area (Å²) in [5.41, 5.74) is 26.3. The number of hydrogen-bond acceptors (Lipinski definition) is 13. The van der Waals surface area contributed by atoms with Crippen LogP contribution in [0.15, 0.2) is 177 Å². The SMILES string of the molecule is CCCCCC[n+]1ccc(CCc2ccccc2NNC(=O)C(=O)NCCCCO)cc1.CCCC[n+]1ccc(C(Cc2ccccc2NNC(=O)C(=O)NCCCCO)c2ccccc2)cc1.CCCC[n+]1ccc(CCc2ccccc2NNC(=O)C(=O)N(CCO)CCO)cc1.[I-].[I-].[I-]. The van der Waals surface area contributed by atoms with E-state index in [0.29, 0.717) is 44.5 Å². The topological polar surface area (TPSA) is 294 Å². The summed E-state index contributed by atoms with van der Waals surface area (Å²) in [5.74, 6) is -4.44. The van der Waals surface area contributed by atoms with Gasteiger partial charge in [0.1, 0.15) is 19.6 Å². The molecular weight excluding hydrogens is 1630 g/mol. The molecule has 0 fully saturated rings. The van der Waals surface area contributed by atoms with E-state index >= 15 is 0 Å². The highest BCUT2D eigenvalue weighted by Gasteiger charge is 2.23. The van der Waals surface area contributed by atoms with E-state index in [2.05, 4.69) is 176 Å². The number of unbranched alkanes of at least 4 members (excludes halogenated alkanes) is 7. The van der Waals surface area contributed by atoms with Crippen LogP contribution in [0, 0.1) is 0 Å². The maximum atomic E-state index is 12.2. The van der Waals surface area contributed by atoms with E-state index in [9.17, 15) is 28.8 Å². The lowest BCUT2D eigenvalue weighted by Gasteiger charge is -2.20. The van der Waals surface area contributed by atoms with Crippen molar-refractivity contribution in [2.24, 2.45) is 0 Å². The predicted molar refractivity (Wildman–Crippen MR) is 385 cm³/mol. The molecule has 1 atom stereocenters. The number of aliphatic hydroxyl groups excluding tert-OH is 4. The molecule has 0 aliphatic rings. The minimum Gasteiger partial charge on any atom is -1.00 e. The molecule has 1 unspecified atom stereocenters. The Morgan fingerprint density at radius 3 is 1.17 bits per heavy atom. The molecule has 0 spiro atoms. The maximum absolute atomic E-state index is 12.2. The van der Waals surface area contributed by atoms with Crippen molar-refractivity contribution in [3.63, 3.8) is 0 Å². The fraction of sp³-hybridized carbons (Fsp3) is 0.416. The number of anilines is 3. The van der Waals surface area contributed by atoms with Crippen molar-refractivity contribution in [2.75, 3.05) is 68.9 Å². The first-order valence-electron chi connectivity index (χ1n) is 35.1. The summed E-state index contributed by atoms with van der Waals surface area (Å²) >= 11 is 0. The van der Waals surface area contributed by atoms with Crippen molar-refractivity contribution < 1.29 is 135 Å². The predicted octanol–water partition coefficient (Wildman–Crippen LogP) is -2.02. The fourth-order valence-corrected chi connectivity index (χ4v) is 10.6. The van der Waals surface area contributed by atoms with Gasteiger partial charge in [-0.1, -0.05) is 131 Å². The average Bonchev–Trinajstić information content (AvgIpc) is 0.836. The smallest absolute Gasteiger partial charge is 0.327 e. The molecule has 4 aromatic carbocycles. The Kier molecular flexibility index (Phi) is 49.0. The molecule has 0 aliphatic heterocycles. The number of aliphatic hydroxyl groups is 4. The summed E-state index contributed by atoms with van der Waals surface area (Å²) in [7, 11) is 0. The van der Waals surface area contributed by atoms with Gasteiger partial charge in [-0.2, -0.15) is 0 Å². The third-order valence-corrected chi connectivity index (χ3v) is 16.4. The Balaban J connectivity index is 0.000000514. The first kappa shape index (κ1) is 90.7. The second-order valence-corrected chi connectivity index (χ2v) is 24.0. The second kappa shape index (κ2) is 55.2. The van der Waals surface area contributed by atoms with Gasteiger partial charge in [-0.3, -0.25) is 61.3 Å². The Labute approximate surface area is 654 Å². The van der Waals surface area contributed by atoms with Gasteiger partial charge >= 0.3 is 35.4 Å². The van der Waals surface area contributed by atoms with Gasteiger partial charge in [-0.15, -0.1) is 0 Å². The number of aryl methyl sites for hydroxylation is 7. The molecular formula is C77H107I3N12O10. The van der Waals surface area contributed by atoms with Crippen LogP contribution in [-0.2, 0) is 80.5 Å². The Morgan fingerprint density at radius 2 is 0.745 bits per heavy atom. The molecule has 12 N–H and O–H groups in total. The number of halogens is 3. The molecule has 3 heterocycles. The van der Waals surface area contributed by atoms with Crippen LogP contribution in [0.25, 0.3) is 0 Å². The van der Waals surface area contributed by atoms with Gasteiger partial charge in [0.2, 0.25) is 0 Å². The van der Waals surface area contributed by atoms with Crippen LogP contribution in [-0.4, -0.2) is 113 Å². The van der Waals surface area contributed by atoms with Gasteiger partial charge in [0.15, 0.2) is 37.2 Å². The van der Waals surface area contributed by atoms with Gasteiger partial charge in [0.25, 0.3) is 0 Å². The van der Waals surface area contributed by atoms with Crippen molar-refractivity contribution in [1.29, 1.82) is 0 Å². The lowest BCUT2D eigenvalue weighted by Crippen LogP contribution is -3.00. The number of nitrogens with zero attached hydrogens (tertiary/aromatic N) is 4. The van der Waals surface area contributed by atoms with Crippen molar-refractivity contribution in [2.45, 2.75) is 155 Å². The minimum absolute atomic E-state index is 0. The molecule has 25 heteroatoms. The summed E-state index contributed by atoms with van der Waals surface area (Å²) in [6.07, 6.45) is 28.9. The zero-order chi connectivity index (χ0) is 71.1. The van der Waals surface area contributed by atoms with E-state index in [1.54, 1.807) is 0 Å². The van der Waals surface area contributed by atoms with Gasteiger partial charge in [-0.25, -0.2) is 13.7 Å². The number of pyridine rings is 3. The maximum Gasteiger partial charge on any atom is 0.327 e. The van der Waals surface area contributed by atoms with Crippen molar-refractivity contribution in [3.8, 4) is 0 Å². The summed E-state index contributed by atoms with van der Waals surface area (Å²) in [6, 6.07) is 46.5. The summed E-state index contributed by atoms with van der Waals surface area (Å²) in [4.78, 5) is 73.5. The highest BCUT2D eigenvalue weighted by atomic mass is 127. The third-order valence-electron chi connectivity index (χ3n) is 16.4. The van der Waals surface area contributed by atoms with Crippen LogP contribution in [0.1, 0.15) is 143 Å². The Bertz CT molecular complexity index is 3470. The van der Waals surface area contributed by atoms with Crippen molar-refractivity contribution in [3.05, 3.63) is 216 Å². The molecule has 102 heavy (non-hydrogen) atoms. The number of hydrazine groups is 3. The standard InChI is InChI=1S/C29H36N4O3.C25H36N4O3.C23H32N4O4.3HI/c1-2-3-18-33-19-15-24(16-20-33)26(23-11-5-4-6-12-23)22-25-13-7-8-14-27(25)31-32-29(36)28(35)30-17-9-10-21-34;1-2-3-4-8-17-29-18-14-21(15-19-29)12-13-22-10-5-6-11-23(22)27-28-25(32)24(31)26-16-7-9-20-30;1-2-3-12-26-13-10-19(11-14-26)8-9-20-6-4-5-7-21(20)24-25-22(30)23(31)27(15-17-28)16-18-29;;;/h4-8,11-16,19-20,26,34H,2-3,9-10,17-18,21-22H2,1H3,(H2-,30,31,32,35,36);5-6,10-11,14-15,18-19,30H,2-4,7-9,12-13,16-17,20H2,1H3,(H2-,26,27,28,31,32);4-7,10-11,13-14,28-29H,2-3,8-9,12,15-18H2,1H3,(H-,24,25,30,31);3*1H. The summed E-state index contributed by atoms with van der Waals surface area (Å²) < 4.78 is 6.64. The van der Waals surface area contributed by atoms with E-state index in [4.69, 9.17) is 20.4 Å². The second-order valence-electron chi connectivity index (χ2n) is 24.0. The van der Waals surface area contributed by atoms with E-state index in [-0.39, 0.29) is 117 Å². The van der Waals surface area contributed by atoms with Crippen molar-refractivity contribution in [1.82, 2.24) is 31.8 Å². The van der Waals surface area contributed by atoms with Crippen LogP contribution in [0.4, 0.5) is 17.1 Å². The molecule has 3 aromatic heterocycles. The number of hydrogen-bond donors (Lipinski definition) is 12. The normalized spacial score (nSPS) is 10.6. The lowest BCUT2D eigenvalue weighted by molar-refractivity contribution is -0.697. The molecule has 0 radical (unpaired) electrons. The first-order valence-corrected chi connectivity index (χ1v) is 35.1. The molecule has 7 aromatic rings. The molecule has 556 valence electrons. The summed E-state index contributed by atoms with van der Waals surface area (Å²) in [5, 5.41) is 40.7. The van der Waals surface area contributed by atoms with E-state index in [0.717, 1.165) is 104 Å². The third kappa shape index (κ3) is 35.2. The summed E-state index contributed by atoms with van der Waals surface area (Å²) in [6.45, 7) is 9.93. The number of amides is 6. The minimum atomic E-state index is -0.851. The van der Waals surface area contributed by atoms with Crippen LogP contribution < -0.4 is 129 Å². The highest BCUT2D eigenvalue weighted by Crippen LogP contribution is 2.31. The van der Waals surface area contributed by atoms with Crippen LogP contribution in [0.2, 0.25) is 0 Å². The van der Waals surface area contributed by atoms with Gasteiger partial charge in [0.05, 0.1) is 30.3 Å². The molecule has 0 saturated carbocycles. The Morgan fingerprint density at radius 1 is 0.373 bits per heavy atom. The quantitative estimate of drug-likeness (QED) is 0.00653. The molecule has 6 amide bonds. The van der Waals surface area contributed by atoms with E-state index < -0.39 is 35.4 Å². The van der Waals surface area contributed by atoms with Gasteiger partial charge in [0, 0.05) is 101 Å². The van der Waals surface area contributed by atoms with E-state index in [1.165, 1.54) is 54.4 Å². The first-order chi connectivity index (χ1) is 48.3. The van der Waals surface area contributed by atoms with Gasteiger partial charge in [-0.05, 0) is 121 Å². The highest BCUT2D eigenvalue weighted by molar-refractivity contribution is 6.36. The van der Waals surface area contributed by atoms with E-state index in [1.807, 2.05) is 78.9 Å². The Hall–Kier alpha value is -7.42. The molecule has 0 saturated heterocycles. The largest absolute Gasteiger partial charge is 1.00 e. The zero-order valence-corrected chi connectivity index (χ0v) is 65.8. The van der Waals surface area contributed by atoms with Crippen LogP contribution >= 0.6 is 0 Å². The molecule has 7 rings (SSSR count). The average molecular weight is 1740 g/mol. The number of carbonyl (C=O) groups is 6. The number of para-hydroxylation sites is 3. The number of nitrogens with one attached hydrogen (secondary N) is 8. The van der Waals surface area contributed by atoms with Crippen LogP contribution in [0.5, 0.6) is 0 Å².